The Hall–Kier alpha value is -2.65. The van der Waals surface area contributed by atoms with Gasteiger partial charge in [-0.3, -0.25) is 4.79 Å². The number of sulfone groups is 1. The Morgan fingerprint density at radius 3 is 2.53 bits per heavy atom. The van der Waals surface area contributed by atoms with E-state index < -0.39 is 9.84 Å². The van der Waals surface area contributed by atoms with Crippen LogP contribution in [0.3, 0.4) is 0 Å². The summed E-state index contributed by atoms with van der Waals surface area (Å²) >= 11 is 1.44. The van der Waals surface area contributed by atoms with E-state index in [2.05, 4.69) is 15.5 Å². The molecular weight excluding hydrogens is 446 g/mol. The molecule has 3 aromatic rings. The van der Waals surface area contributed by atoms with Crippen LogP contribution in [0.4, 0.5) is 5.69 Å². The van der Waals surface area contributed by atoms with E-state index in [9.17, 15) is 13.2 Å². The standard InChI is InChI=1S/C23H25N3O4S2/c1-15-21(16(2)30-26-15)14-31-23-20(8-5-13-24-23)22(27)25-17-9-11-19(12-10-17)32(28,29)18-6-3-4-7-18/h5,8-13,18H,3-4,6-7,14H2,1-2H3,(H,25,27). The fourth-order valence-corrected chi connectivity index (χ4v) is 6.84. The van der Waals surface area contributed by atoms with Gasteiger partial charge in [0.15, 0.2) is 9.84 Å². The summed E-state index contributed by atoms with van der Waals surface area (Å²) < 4.78 is 30.7. The van der Waals surface area contributed by atoms with E-state index in [4.69, 9.17) is 4.52 Å². The van der Waals surface area contributed by atoms with Crippen LogP contribution in [0.25, 0.3) is 0 Å². The lowest BCUT2D eigenvalue weighted by molar-refractivity contribution is 0.102. The van der Waals surface area contributed by atoms with Gasteiger partial charge in [0.1, 0.15) is 10.8 Å². The lowest BCUT2D eigenvalue weighted by Crippen LogP contribution is -2.18. The fourth-order valence-electron chi connectivity index (χ4n) is 3.84. The number of carbonyl (C=O) groups excluding carboxylic acids is 1. The zero-order chi connectivity index (χ0) is 22.7. The van der Waals surface area contributed by atoms with Crippen molar-refractivity contribution in [1.82, 2.24) is 10.1 Å². The molecule has 168 valence electrons. The molecule has 2 heterocycles. The van der Waals surface area contributed by atoms with Crippen LogP contribution >= 0.6 is 11.8 Å². The van der Waals surface area contributed by atoms with Gasteiger partial charge in [-0.05, 0) is 63.1 Å². The Bertz CT molecular complexity index is 1190. The third-order valence-electron chi connectivity index (χ3n) is 5.73. The summed E-state index contributed by atoms with van der Waals surface area (Å²) in [6.45, 7) is 3.74. The van der Waals surface area contributed by atoms with Crippen molar-refractivity contribution in [2.24, 2.45) is 0 Å². The summed E-state index contributed by atoms with van der Waals surface area (Å²) in [7, 11) is -3.32. The molecule has 1 fully saturated rings. The Kier molecular flexibility index (Phi) is 6.66. The molecule has 0 bridgehead atoms. The van der Waals surface area contributed by atoms with Crippen molar-refractivity contribution in [3.63, 3.8) is 0 Å². The maximum absolute atomic E-state index is 12.9. The molecule has 0 saturated heterocycles. The number of aromatic nitrogens is 2. The molecule has 7 nitrogen and oxygen atoms in total. The molecule has 1 aliphatic carbocycles. The minimum Gasteiger partial charge on any atom is -0.361 e. The van der Waals surface area contributed by atoms with Crippen LogP contribution in [-0.4, -0.2) is 29.7 Å². The van der Waals surface area contributed by atoms with E-state index in [1.807, 2.05) is 13.8 Å². The number of thioether (sulfide) groups is 1. The molecule has 0 spiro atoms. The molecule has 0 atom stereocenters. The predicted molar refractivity (Wildman–Crippen MR) is 124 cm³/mol. The number of hydrogen-bond donors (Lipinski definition) is 1. The molecule has 1 saturated carbocycles. The predicted octanol–water partition coefficient (Wildman–Crippen LogP) is 4.95. The van der Waals surface area contributed by atoms with Crippen LogP contribution < -0.4 is 5.32 Å². The van der Waals surface area contributed by atoms with Gasteiger partial charge in [0, 0.05) is 23.2 Å². The SMILES string of the molecule is Cc1noc(C)c1CSc1ncccc1C(=O)Nc1ccc(S(=O)(=O)C2CCCC2)cc1. The quantitative estimate of drug-likeness (QED) is 0.487. The first-order valence-corrected chi connectivity index (χ1v) is 13.0. The Morgan fingerprint density at radius 2 is 1.88 bits per heavy atom. The molecule has 1 aliphatic rings. The molecule has 0 radical (unpaired) electrons. The molecule has 0 unspecified atom stereocenters. The van der Waals surface area contributed by atoms with Gasteiger partial charge in [-0.25, -0.2) is 13.4 Å². The van der Waals surface area contributed by atoms with Gasteiger partial charge in [0.25, 0.3) is 5.91 Å². The number of carbonyl (C=O) groups is 1. The van der Waals surface area contributed by atoms with Gasteiger partial charge in [0.05, 0.1) is 21.4 Å². The van der Waals surface area contributed by atoms with E-state index >= 15 is 0 Å². The van der Waals surface area contributed by atoms with Crippen LogP contribution in [-0.2, 0) is 15.6 Å². The largest absolute Gasteiger partial charge is 0.361 e. The highest BCUT2D eigenvalue weighted by Crippen LogP contribution is 2.31. The summed E-state index contributed by atoms with van der Waals surface area (Å²) in [5, 5.41) is 7.11. The second kappa shape index (κ2) is 9.46. The van der Waals surface area contributed by atoms with Crippen molar-refractivity contribution in [1.29, 1.82) is 0 Å². The number of benzene rings is 1. The number of nitrogens with one attached hydrogen (secondary N) is 1. The minimum atomic E-state index is -3.32. The van der Waals surface area contributed by atoms with E-state index in [0.717, 1.165) is 42.7 Å². The second-order valence-electron chi connectivity index (χ2n) is 7.88. The third kappa shape index (κ3) is 4.73. The summed E-state index contributed by atoms with van der Waals surface area (Å²) in [5.74, 6) is 1.04. The van der Waals surface area contributed by atoms with Crippen LogP contribution in [0, 0.1) is 13.8 Å². The van der Waals surface area contributed by atoms with Gasteiger partial charge >= 0.3 is 0 Å². The van der Waals surface area contributed by atoms with Crippen molar-refractivity contribution in [2.45, 2.75) is 60.5 Å². The number of amides is 1. The van der Waals surface area contributed by atoms with E-state index in [0.29, 0.717) is 26.9 Å². The number of anilines is 1. The van der Waals surface area contributed by atoms with Crippen molar-refractivity contribution >= 4 is 33.2 Å². The normalized spacial score (nSPS) is 14.6. The van der Waals surface area contributed by atoms with Crippen LogP contribution in [0.1, 0.15) is 53.1 Å². The number of aryl methyl sites for hydroxylation is 2. The summed E-state index contributed by atoms with van der Waals surface area (Å²) in [6, 6.07) is 9.84. The van der Waals surface area contributed by atoms with Crippen LogP contribution in [0.5, 0.6) is 0 Å². The Labute approximate surface area is 191 Å². The molecule has 4 rings (SSSR count). The first-order valence-electron chi connectivity index (χ1n) is 10.5. The molecule has 32 heavy (non-hydrogen) atoms. The zero-order valence-corrected chi connectivity index (χ0v) is 19.6. The maximum Gasteiger partial charge on any atom is 0.258 e. The van der Waals surface area contributed by atoms with Crippen molar-refractivity contribution in [3.05, 3.63) is 65.2 Å². The third-order valence-corrected chi connectivity index (χ3v) is 9.04. The summed E-state index contributed by atoms with van der Waals surface area (Å²) in [4.78, 5) is 17.6. The zero-order valence-electron chi connectivity index (χ0n) is 18.0. The smallest absolute Gasteiger partial charge is 0.258 e. The first kappa shape index (κ1) is 22.5. The first-order chi connectivity index (χ1) is 15.4. The minimum absolute atomic E-state index is 0.296. The molecule has 2 aromatic heterocycles. The highest BCUT2D eigenvalue weighted by atomic mass is 32.2. The van der Waals surface area contributed by atoms with Gasteiger partial charge in [-0.15, -0.1) is 11.8 Å². The molecule has 1 N–H and O–H groups in total. The van der Waals surface area contributed by atoms with Gasteiger partial charge in [-0.1, -0.05) is 18.0 Å². The van der Waals surface area contributed by atoms with Crippen LogP contribution in [0.15, 0.2) is 57.0 Å². The average Bonchev–Trinajstić information content (AvgIpc) is 3.44. The summed E-state index contributed by atoms with van der Waals surface area (Å²) in [6.07, 6.45) is 5.00. The molecule has 1 aromatic carbocycles. The summed E-state index contributed by atoms with van der Waals surface area (Å²) in [5.41, 5.74) is 2.80. The molecule has 9 heteroatoms. The molecule has 1 amide bonds. The van der Waals surface area contributed by atoms with E-state index in [1.54, 1.807) is 42.6 Å². The van der Waals surface area contributed by atoms with Gasteiger partial charge in [0.2, 0.25) is 0 Å². The molecule has 0 aliphatic heterocycles. The van der Waals surface area contributed by atoms with Crippen molar-refractivity contribution in [2.75, 3.05) is 5.32 Å². The Balaban J connectivity index is 1.46. The number of hydrogen-bond acceptors (Lipinski definition) is 7. The van der Waals surface area contributed by atoms with E-state index in [1.165, 1.54) is 11.8 Å². The van der Waals surface area contributed by atoms with E-state index in [-0.39, 0.29) is 11.2 Å². The lowest BCUT2D eigenvalue weighted by Gasteiger charge is -2.12. The molecular formula is C23H25N3O4S2. The van der Waals surface area contributed by atoms with Gasteiger partial charge in [-0.2, -0.15) is 0 Å². The highest BCUT2D eigenvalue weighted by Gasteiger charge is 2.30. The topological polar surface area (TPSA) is 102 Å². The number of pyridine rings is 1. The monoisotopic (exact) mass is 471 g/mol. The van der Waals surface area contributed by atoms with Crippen molar-refractivity contribution < 1.29 is 17.7 Å². The fraction of sp³-hybridized carbons (Fsp3) is 0.348. The number of nitrogens with zero attached hydrogens (tertiary/aromatic N) is 2. The van der Waals surface area contributed by atoms with Gasteiger partial charge < -0.3 is 9.84 Å². The highest BCUT2D eigenvalue weighted by molar-refractivity contribution is 7.98. The lowest BCUT2D eigenvalue weighted by atomic mass is 10.2. The Morgan fingerprint density at radius 1 is 1.16 bits per heavy atom. The van der Waals surface area contributed by atoms with Crippen LogP contribution in [0.2, 0.25) is 0 Å². The second-order valence-corrected chi connectivity index (χ2v) is 11.1. The number of rotatable bonds is 7. The maximum atomic E-state index is 12.9. The average molecular weight is 472 g/mol. The van der Waals surface area contributed by atoms with Crippen molar-refractivity contribution in [3.8, 4) is 0 Å².